The number of benzene rings is 1. The zero-order valence-corrected chi connectivity index (χ0v) is 13.5. The van der Waals surface area contributed by atoms with Gasteiger partial charge in [-0.05, 0) is 43.9 Å². The summed E-state index contributed by atoms with van der Waals surface area (Å²) in [5.41, 5.74) is 1.14. The lowest BCUT2D eigenvalue weighted by Gasteiger charge is -2.15. The fraction of sp³-hybridized carbons (Fsp3) is 0.588. The lowest BCUT2D eigenvalue weighted by molar-refractivity contribution is -0.121. The Morgan fingerprint density at radius 2 is 1.86 bits per heavy atom. The van der Waals surface area contributed by atoms with Gasteiger partial charge in [0.2, 0.25) is 5.91 Å². The van der Waals surface area contributed by atoms with Crippen molar-refractivity contribution in [1.82, 2.24) is 5.32 Å². The van der Waals surface area contributed by atoms with Crippen LogP contribution in [0.4, 0.5) is 0 Å². The van der Waals surface area contributed by atoms with E-state index in [4.69, 9.17) is 9.47 Å². The number of rotatable bonds is 9. The molecule has 118 valence electrons. The maximum absolute atomic E-state index is 11.8. The second-order valence-corrected chi connectivity index (χ2v) is 5.64. The third kappa shape index (κ3) is 7.71. The summed E-state index contributed by atoms with van der Waals surface area (Å²) in [4.78, 5) is 11.8. The summed E-state index contributed by atoms with van der Waals surface area (Å²) in [5.74, 6) is 1.25. The van der Waals surface area contributed by atoms with Crippen LogP contribution in [-0.2, 0) is 16.0 Å². The van der Waals surface area contributed by atoms with E-state index in [1.807, 2.05) is 38.1 Å². The van der Waals surface area contributed by atoms with Crippen LogP contribution >= 0.6 is 0 Å². The monoisotopic (exact) mass is 293 g/mol. The Morgan fingerprint density at radius 3 is 2.43 bits per heavy atom. The van der Waals surface area contributed by atoms with Crippen molar-refractivity contribution in [3.05, 3.63) is 29.8 Å². The number of hydrogen-bond donors (Lipinski definition) is 1. The van der Waals surface area contributed by atoms with E-state index in [0.717, 1.165) is 17.7 Å². The lowest BCUT2D eigenvalue weighted by Crippen LogP contribution is -2.30. The first-order valence-corrected chi connectivity index (χ1v) is 7.52. The summed E-state index contributed by atoms with van der Waals surface area (Å²) in [6, 6.07) is 7.81. The van der Waals surface area contributed by atoms with Gasteiger partial charge >= 0.3 is 0 Å². The highest BCUT2D eigenvalue weighted by Gasteiger charge is 2.07. The maximum Gasteiger partial charge on any atom is 0.220 e. The molecule has 1 N–H and O–H groups in total. The minimum atomic E-state index is 0.0854. The van der Waals surface area contributed by atoms with E-state index in [9.17, 15) is 4.79 Å². The Bertz CT molecular complexity index is 415. The Labute approximate surface area is 127 Å². The highest BCUT2D eigenvalue weighted by Crippen LogP contribution is 2.12. The largest absolute Gasteiger partial charge is 0.497 e. The van der Waals surface area contributed by atoms with Crippen LogP contribution in [0.3, 0.4) is 0 Å². The number of carbonyl (C=O) groups is 1. The average molecular weight is 293 g/mol. The van der Waals surface area contributed by atoms with Crippen molar-refractivity contribution < 1.29 is 14.3 Å². The quantitative estimate of drug-likeness (QED) is 0.761. The van der Waals surface area contributed by atoms with E-state index < -0.39 is 0 Å². The van der Waals surface area contributed by atoms with Crippen LogP contribution in [-0.4, -0.2) is 32.3 Å². The summed E-state index contributed by atoms with van der Waals surface area (Å²) < 4.78 is 10.6. The third-order valence-corrected chi connectivity index (χ3v) is 3.16. The number of carbonyl (C=O) groups excluding carboxylic acids is 1. The predicted molar refractivity (Wildman–Crippen MR) is 84.6 cm³/mol. The van der Waals surface area contributed by atoms with Crippen molar-refractivity contribution in [2.45, 2.75) is 39.7 Å². The molecular weight excluding hydrogens is 266 g/mol. The lowest BCUT2D eigenvalue weighted by atomic mass is 10.1. The molecule has 1 rings (SSSR count). The van der Waals surface area contributed by atoms with E-state index in [1.54, 1.807) is 7.11 Å². The molecule has 0 bridgehead atoms. The second kappa shape index (κ2) is 9.40. The molecule has 1 aromatic rings. The van der Waals surface area contributed by atoms with Crippen LogP contribution in [0, 0.1) is 5.92 Å². The third-order valence-electron chi connectivity index (χ3n) is 3.16. The van der Waals surface area contributed by atoms with Crippen molar-refractivity contribution in [3.63, 3.8) is 0 Å². The van der Waals surface area contributed by atoms with E-state index in [0.29, 0.717) is 25.5 Å². The highest BCUT2D eigenvalue weighted by atomic mass is 16.5. The van der Waals surface area contributed by atoms with Gasteiger partial charge in [0.15, 0.2) is 0 Å². The molecule has 0 aliphatic rings. The van der Waals surface area contributed by atoms with Gasteiger partial charge in [-0.15, -0.1) is 0 Å². The summed E-state index contributed by atoms with van der Waals surface area (Å²) >= 11 is 0. The van der Waals surface area contributed by atoms with Crippen molar-refractivity contribution in [1.29, 1.82) is 0 Å². The summed E-state index contributed by atoms with van der Waals surface area (Å²) in [6.45, 7) is 7.44. The molecule has 0 aromatic heterocycles. The Hall–Kier alpha value is -1.55. The second-order valence-electron chi connectivity index (χ2n) is 5.64. The fourth-order valence-electron chi connectivity index (χ4n) is 1.84. The minimum absolute atomic E-state index is 0.0854. The van der Waals surface area contributed by atoms with Gasteiger partial charge in [-0.2, -0.15) is 0 Å². The number of nitrogens with one attached hydrogen (secondary N) is 1. The maximum atomic E-state index is 11.8. The highest BCUT2D eigenvalue weighted by molar-refractivity contribution is 5.76. The molecule has 4 nitrogen and oxygen atoms in total. The summed E-state index contributed by atoms with van der Waals surface area (Å²) in [6.07, 6.45) is 1.48. The first-order chi connectivity index (χ1) is 10.0. The van der Waals surface area contributed by atoms with Crippen LogP contribution in [0.1, 0.15) is 32.8 Å². The summed E-state index contributed by atoms with van der Waals surface area (Å²) in [7, 11) is 1.65. The molecule has 0 radical (unpaired) electrons. The Kier molecular flexibility index (Phi) is 7.83. The van der Waals surface area contributed by atoms with Crippen molar-refractivity contribution in [3.8, 4) is 5.75 Å². The topological polar surface area (TPSA) is 47.6 Å². The molecule has 21 heavy (non-hydrogen) atoms. The number of hydrogen-bond acceptors (Lipinski definition) is 3. The molecule has 0 fully saturated rings. The van der Waals surface area contributed by atoms with Crippen LogP contribution < -0.4 is 10.1 Å². The van der Waals surface area contributed by atoms with Crippen molar-refractivity contribution >= 4 is 5.91 Å². The van der Waals surface area contributed by atoms with E-state index in [2.05, 4.69) is 12.2 Å². The molecule has 0 aliphatic carbocycles. The Morgan fingerprint density at radius 1 is 1.19 bits per heavy atom. The van der Waals surface area contributed by atoms with Gasteiger partial charge in [0, 0.05) is 13.0 Å². The molecule has 0 saturated heterocycles. The molecule has 1 atom stereocenters. The van der Waals surface area contributed by atoms with Gasteiger partial charge in [0.1, 0.15) is 5.75 Å². The van der Waals surface area contributed by atoms with E-state index in [1.165, 1.54) is 0 Å². The minimum Gasteiger partial charge on any atom is -0.497 e. The molecule has 0 heterocycles. The first kappa shape index (κ1) is 17.5. The Balaban J connectivity index is 2.21. The number of ether oxygens (including phenoxy) is 2. The zero-order valence-electron chi connectivity index (χ0n) is 13.5. The standard InChI is InChI=1S/C17H27NO3/c1-13(2)21-12-14(3)11-18-17(19)10-7-15-5-8-16(20-4)9-6-15/h5-6,8-9,13-14H,7,10-12H2,1-4H3,(H,18,19). The normalized spacial score (nSPS) is 12.2. The molecule has 0 saturated carbocycles. The van der Waals surface area contributed by atoms with Gasteiger partial charge in [0.25, 0.3) is 0 Å². The van der Waals surface area contributed by atoms with E-state index in [-0.39, 0.29) is 12.0 Å². The molecule has 0 spiro atoms. The van der Waals surface area contributed by atoms with Crippen LogP contribution in [0.5, 0.6) is 5.75 Å². The van der Waals surface area contributed by atoms with Crippen LogP contribution in [0.25, 0.3) is 0 Å². The summed E-state index contributed by atoms with van der Waals surface area (Å²) in [5, 5.41) is 2.96. The first-order valence-electron chi connectivity index (χ1n) is 7.52. The molecule has 1 amide bonds. The van der Waals surface area contributed by atoms with E-state index >= 15 is 0 Å². The predicted octanol–water partition coefficient (Wildman–Crippen LogP) is 2.81. The zero-order chi connectivity index (χ0) is 15.7. The number of amides is 1. The van der Waals surface area contributed by atoms with Crippen molar-refractivity contribution in [2.24, 2.45) is 5.92 Å². The SMILES string of the molecule is COc1ccc(CCC(=O)NCC(C)COC(C)C)cc1. The van der Waals surface area contributed by atoms with Crippen LogP contribution in [0.2, 0.25) is 0 Å². The van der Waals surface area contributed by atoms with Gasteiger partial charge in [-0.25, -0.2) is 0 Å². The average Bonchev–Trinajstić information content (AvgIpc) is 2.49. The van der Waals surface area contributed by atoms with Gasteiger partial charge in [-0.1, -0.05) is 19.1 Å². The molecule has 1 unspecified atom stereocenters. The molecular formula is C17H27NO3. The van der Waals surface area contributed by atoms with Gasteiger partial charge in [-0.3, -0.25) is 4.79 Å². The van der Waals surface area contributed by atoms with Crippen molar-refractivity contribution in [2.75, 3.05) is 20.3 Å². The number of methoxy groups -OCH3 is 1. The number of aryl methyl sites for hydroxylation is 1. The smallest absolute Gasteiger partial charge is 0.220 e. The van der Waals surface area contributed by atoms with Crippen LogP contribution in [0.15, 0.2) is 24.3 Å². The fourth-order valence-corrected chi connectivity index (χ4v) is 1.84. The molecule has 1 aromatic carbocycles. The van der Waals surface area contributed by atoms with Gasteiger partial charge < -0.3 is 14.8 Å². The molecule has 4 heteroatoms. The molecule has 0 aliphatic heterocycles. The van der Waals surface area contributed by atoms with Gasteiger partial charge in [0.05, 0.1) is 19.8 Å².